The maximum Gasteiger partial charge on any atom is 0.451 e. The first kappa shape index (κ1) is 16.4. The van der Waals surface area contributed by atoms with Crippen LogP contribution < -0.4 is 10.1 Å². The molecule has 3 rings (SSSR count). The lowest BCUT2D eigenvalue weighted by atomic mass is 10.2. The normalized spacial score (nSPS) is 11.2. The van der Waals surface area contributed by atoms with Crippen molar-refractivity contribution in [3.63, 3.8) is 0 Å². The van der Waals surface area contributed by atoms with E-state index in [1.165, 1.54) is 12.3 Å². The quantitative estimate of drug-likeness (QED) is 0.754. The standard InChI is InChI=1S/C15H10F3N5O2/c16-15(17,18)13-21-14(23-22-13)20-12(24)10-5-1-2-6-11(10)25-9-4-3-7-19-8-9/h1-8H,(H2,20,21,22,23,24). The van der Waals surface area contributed by atoms with Crippen molar-refractivity contribution in [2.75, 3.05) is 5.32 Å². The lowest BCUT2D eigenvalue weighted by Gasteiger charge is -2.09. The summed E-state index contributed by atoms with van der Waals surface area (Å²) in [5.41, 5.74) is 0.102. The Morgan fingerprint density at radius 3 is 2.64 bits per heavy atom. The number of aromatic amines is 1. The summed E-state index contributed by atoms with van der Waals surface area (Å²) in [5.74, 6) is -1.90. The summed E-state index contributed by atoms with van der Waals surface area (Å²) in [4.78, 5) is 19.4. The summed E-state index contributed by atoms with van der Waals surface area (Å²) in [6, 6.07) is 9.54. The summed E-state index contributed by atoms with van der Waals surface area (Å²) < 4.78 is 43.1. The average Bonchev–Trinajstić information content (AvgIpc) is 3.05. The van der Waals surface area contributed by atoms with Crippen molar-refractivity contribution in [1.29, 1.82) is 0 Å². The Labute approximate surface area is 138 Å². The molecule has 0 radical (unpaired) electrons. The van der Waals surface area contributed by atoms with Gasteiger partial charge in [0.05, 0.1) is 11.8 Å². The lowest BCUT2D eigenvalue weighted by Crippen LogP contribution is -2.14. The highest BCUT2D eigenvalue weighted by molar-refractivity contribution is 6.05. The fraction of sp³-hybridized carbons (Fsp3) is 0.0667. The minimum atomic E-state index is -4.68. The first-order valence-corrected chi connectivity index (χ1v) is 6.91. The van der Waals surface area contributed by atoms with E-state index in [4.69, 9.17) is 4.74 Å². The molecule has 2 N–H and O–H groups in total. The van der Waals surface area contributed by atoms with Crippen molar-refractivity contribution in [2.24, 2.45) is 0 Å². The van der Waals surface area contributed by atoms with Crippen LogP contribution in [0.5, 0.6) is 11.5 Å². The number of nitrogens with one attached hydrogen (secondary N) is 2. The van der Waals surface area contributed by atoms with Crippen LogP contribution in [-0.2, 0) is 6.18 Å². The molecule has 0 saturated carbocycles. The fourth-order valence-corrected chi connectivity index (χ4v) is 1.89. The van der Waals surface area contributed by atoms with E-state index >= 15 is 0 Å². The smallest absolute Gasteiger partial charge is 0.451 e. The molecule has 0 aliphatic rings. The van der Waals surface area contributed by atoms with Gasteiger partial charge in [0, 0.05) is 6.20 Å². The van der Waals surface area contributed by atoms with Crippen LogP contribution in [-0.4, -0.2) is 26.1 Å². The number of hydrogen-bond acceptors (Lipinski definition) is 5. The molecule has 1 amide bonds. The Balaban J connectivity index is 1.80. The van der Waals surface area contributed by atoms with Crippen molar-refractivity contribution < 1.29 is 22.7 Å². The molecule has 2 heterocycles. The molecule has 1 aromatic carbocycles. The molecule has 0 saturated heterocycles. The number of anilines is 1. The van der Waals surface area contributed by atoms with E-state index in [1.807, 2.05) is 0 Å². The lowest BCUT2D eigenvalue weighted by molar-refractivity contribution is -0.144. The Morgan fingerprint density at radius 1 is 1.16 bits per heavy atom. The molecule has 25 heavy (non-hydrogen) atoms. The minimum Gasteiger partial charge on any atom is -0.455 e. The highest BCUT2D eigenvalue weighted by Crippen LogP contribution is 2.27. The monoisotopic (exact) mass is 349 g/mol. The Morgan fingerprint density at radius 2 is 1.96 bits per heavy atom. The Kier molecular flexibility index (Phi) is 4.33. The first-order valence-electron chi connectivity index (χ1n) is 6.91. The molecule has 0 bridgehead atoms. The summed E-state index contributed by atoms with van der Waals surface area (Å²) in [7, 11) is 0. The van der Waals surface area contributed by atoms with Crippen LogP contribution in [0.4, 0.5) is 19.1 Å². The van der Waals surface area contributed by atoms with Gasteiger partial charge in [0.15, 0.2) is 0 Å². The number of amides is 1. The van der Waals surface area contributed by atoms with Gasteiger partial charge in [-0.25, -0.2) is 0 Å². The van der Waals surface area contributed by atoms with E-state index in [2.05, 4.69) is 20.4 Å². The molecule has 10 heteroatoms. The number of ether oxygens (including phenoxy) is 1. The molecule has 0 unspecified atom stereocenters. The number of halogens is 3. The van der Waals surface area contributed by atoms with E-state index in [9.17, 15) is 18.0 Å². The molecular formula is C15H10F3N5O2. The summed E-state index contributed by atoms with van der Waals surface area (Å²) in [6.45, 7) is 0. The fourth-order valence-electron chi connectivity index (χ4n) is 1.89. The second kappa shape index (κ2) is 6.59. The first-order chi connectivity index (χ1) is 11.9. The SMILES string of the molecule is O=C(Nc1n[nH]c(C(F)(F)F)n1)c1ccccc1Oc1cccnc1. The number of para-hydroxylation sites is 1. The number of aromatic nitrogens is 4. The number of hydrogen-bond donors (Lipinski definition) is 2. The molecule has 0 fully saturated rings. The Bertz CT molecular complexity index is 880. The van der Waals surface area contributed by atoms with Crippen molar-refractivity contribution >= 4 is 11.9 Å². The Hall–Kier alpha value is -3.43. The van der Waals surface area contributed by atoms with Gasteiger partial charge in [-0.15, -0.1) is 5.10 Å². The number of carbonyl (C=O) groups excluding carboxylic acids is 1. The predicted octanol–water partition coefficient (Wildman–Crippen LogP) is 3.26. The molecule has 2 aromatic heterocycles. The van der Waals surface area contributed by atoms with Gasteiger partial charge < -0.3 is 4.74 Å². The average molecular weight is 349 g/mol. The number of pyridine rings is 1. The van der Waals surface area contributed by atoms with Gasteiger partial charge in [-0.05, 0) is 24.3 Å². The van der Waals surface area contributed by atoms with E-state index in [0.717, 1.165) is 0 Å². The molecule has 7 nitrogen and oxygen atoms in total. The predicted molar refractivity (Wildman–Crippen MR) is 80.1 cm³/mol. The topological polar surface area (TPSA) is 92.8 Å². The van der Waals surface area contributed by atoms with Crippen molar-refractivity contribution in [2.45, 2.75) is 6.18 Å². The maximum atomic E-state index is 12.5. The van der Waals surface area contributed by atoms with Gasteiger partial charge in [-0.1, -0.05) is 12.1 Å². The second-order valence-corrected chi connectivity index (χ2v) is 4.75. The molecule has 0 spiro atoms. The van der Waals surface area contributed by atoms with Gasteiger partial charge in [0.25, 0.3) is 5.91 Å². The van der Waals surface area contributed by atoms with Crippen LogP contribution in [0.15, 0.2) is 48.8 Å². The van der Waals surface area contributed by atoms with Gasteiger partial charge in [-0.2, -0.15) is 18.2 Å². The van der Waals surface area contributed by atoms with Crippen LogP contribution in [0.25, 0.3) is 0 Å². The van der Waals surface area contributed by atoms with Gasteiger partial charge in [0.2, 0.25) is 11.8 Å². The maximum absolute atomic E-state index is 12.5. The zero-order valence-corrected chi connectivity index (χ0v) is 12.4. The zero-order chi connectivity index (χ0) is 17.9. The number of benzene rings is 1. The van der Waals surface area contributed by atoms with E-state index in [1.54, 1.807) is 41.6 Å². The van der Waals surface area contributed by atoms with Crippen LogP contribution >= 0.6 is 0 Å². The van der Waals surface area contributed by atoms with Gasteiger partial charge in [-0.3, -0.25) is 20.2 Å². The van der Waals surface area contributed by atoms with Crippen LogP contribution in [0.2, 0.25) is 0 Å². The molecule has 0 aliphatic carbocycles. The van der Waals surface area contributed by atoms with Crippen molar-refractivity contribution in [1.82, 2.24) is 20.2 Å². The highest BCUT2D eigenvalue weighted by Gasteiger charge is 2.35. The van der Waals surface area contributed by atoms with E-state index < -0.39 is 23.9 Å². The molecule has 128 valence electrons. The summed E-state index contributed by atoms with van der Waals surface area (Å²) in [5, 5.41) is 7.23. The highest BCUT2D eigenvalue weighted by atomic mass is 19.4. The third kappa shape index (κ3) is 3.91. The van der Waals surface area contributed by atoms with E-state index in [0.29, 0.717) is 5.75 Å². The van der Waals surface area contributed by atoms with Crippen LogP contribution in [0.3, 0.4) is 0 Å². The van der Waals surface area contributed by atoms with E-state index in [-0.39, 0.29) is 11.3 Å². The number of rotatable bonds is 4. The number of carbonyl (C=O) groups is 1. The van der Waals surface area contributed by atoms with Crippen molar-refractivity contribution in [3.05, 3.63) is 60.2 Å². The van der Waals surface area contributed by atoms with Crippen LogP contribution in [0, 0.1) is 0 Å². The molecule has 3 aromatic rings. The summed E-state index contributed by atoms with van der Waals surface area (Å²) >= 11 is 0. The molecule has 0 aliphatic heterocycles. The largest absolute Gasteiger partial charge is 0.455 e. The number of H-pyrrole nitrogens is 1. The zero-order valence-electron chi connectivity index (χ0n) is 12.4. The molecular weight excluding hydrogens is 339 g/mol. The number of nitrogens with zero attached hydrogens (tertiary/aromatic N) is 3. The third-order valence-corrected chi connectivity index (χ3v) is 2.97. The van der Waals surface area contributed by atoms with Crippen molar-refractivity contribution in [3.8, 4) is 11.5 Å². The third-order valence-electron chi connectivity index (χ3n) is 2.97. The van der Waals surface area contributed by atoms with Gasteiger partial charge in [0.1, 0.15) is 11.5 Å². The van der Waals surface area contributed by atoms with Crippen LogP contribution in [0.1, 0.15) is 16.2 Å². The molecule has 0 atom stereocenters. The number of alkyl halides is 3. The van der Waals surface area contributed by atoms with Gasteiger partial charge >= 0.3 is 6.18 Å². The summed E-state index contributed by atoms with van der Waals surface area (Å²) in [6.07, 6.45) is -1.66. The minimum absolute atomic E-state index is 0.102. The second-order valence-electron chi connectivity index (χ2n) is 4.75.